The van der Waals surface area contributed by atoms with Gasteiger partial charge < -0.3 is 10.1 Å². The molecule has 0 radical (unpaired) electrons. The molecule has 1 saturated carbocycles. The van der Waals surface area contributed by atoms with Crippen molar-refractivity contribution in [2.24, 2.45) is 5.92 Å². The van der Waals surface area contributed by atoms with Crippen molar-refractivity contribution in [2.45, 2.75) is 46.0 Å². The Kier molecular flexibility index (Phi) is 4.83. The van der Waals surface area contributed by atoms with Gasteiger partial charge in [-0.1, -0.05) is 19.4 Å². The van der Waals surface area contributed by atoms with E-state index in [0.29, 0.717) is 0 Å². The van der Waals surface area contributed by atoms with Crippen molar-refractivity contribution in [2.75, 3.05) is 11.9 Å². The van der Waals surface area contributed by atoms with E-state index in [2.05, 4.69) is 18.3 Å². The molecule has 1 aliphatic carbocycles. The fraction of sp³-hybridized carbons (Fsp3) is 0.562. The molecule has 0 atom stereocenters. The van der Waals surface area contributed by atoms with E-state index in [1.807, 2.05) is 12.1 Å². The summed E-state index contributed by atoms with van der Waals surface area (Å²) in [5.74, 6) is 1.63. The molecule has 0 spiro atoms. The first kappa shape index (κ1) is 13.9. The Labute approximate surface area is 115 Å². The maximum absolute atomic E-state index is 11.1. The highest BCUT2D eigenvalue weighted by Crippen LogP contribution is 2.31. The summed E-state index contributed by atoms with van der Waals surface area (Å²) in [6.07, 6.45) is 5.96. The standard InChI is InChI=1S/C16H23NO2/c1-3-4-5-14-8-9-15(17-12(2)18)10-16(14)19-11-13-6-7-13/h8-10,13H,3-7,11H2,1-2H3,(H,17,18). The molecular formula is C16H23NO2. The molecule has 1 fully saturated rings. The van der Waals surface area contributed by atoms with Crippen molar-refractivity contribution >= 4 is 11.6 Å². The Morgan fingerprint density at radius 3 is 2.84 bits per heavy atom. The average molecular weight is 261 g/mol. The highest BCUT2D eigenvalue weighted by Gasteiger charge is 2.22. The van der Waals surface area contributed by atoms with Crippen LogP contribution < -0.4 is 10.1 Å². The summed E-state index contributed by atoms with van der Waals surface area (Å²) in [5.41, 5.74) is 2.06. The number of benzene rings is 1. The Morgan fingerprint density at radius 2 is 2.21 bits per heavy atom. The van der Waals surface area contributed by atoms with Crippen LogP contribution in [0, 0.1) is 5.92 Å². The molecule has 1 N–H and O–H groups in total. The van der Waals surface area contributed by atoms with Gasteiger partial charge in [0.1, 0.15) is 5.75 Å². The summed E-state index contributed by atoms with van der Waals surface area (Å²) in [6, 6.07) is 5.98. The minimum atomic E-state index is -0.0468. The number of rotatable bonds is 7. The second-order valence-electron chi connectivity index (χ2n) is 5.36. The van der Waals surface area contributed by atoms with Crippen LogP contribution in [0.5, 0.6) is 5.75 Å². The van der Waals surface area contributed by atoms with Crippen molar-refractivity contribution in [1.29, 1.82) is 0 Å². The Balaban J connectivity index is 2.08. The zero-order valence-corrected chi connectivity index (χ0v) is 11.9. The van der Waals surface area contributed by atoms with Gasteiger partial charge in [-0.25, -0.2) is 0 Å². The smallest absolute Gasteiger partial charge is 0.221 e. The summed E-state index contributed by atoms with van der Waals surface area (Å²) in [6.45, 7) is 4.52. The van der Waals surface area contributed by atoms with Gasteiger partial charge in [0.05, 0.1) is 6.61 Å². The van der Waals surface area contributed by atoms with Crippen molar-refractivity contribution in [3.8, 4) is 5.75 Å². The second-order valence-corrected chi connectivity index (χ2v) is 5.36. The van der Waals surface area contributed by atoms with E-state index >= 15 is 0 Å². The third-order valence-electron chi connectivity index (χ3n) is 3.36. The first-order valence-corrected chi connectivity index (χ1v) is 7.22. The molecule has 0 saturated heterocycles. The zero-order chi connectivity index (χ0) is 13.7. The van der Waals surface area contributed by atoms with E-state index < -0.39 is 0 Å². The van der Waals surface area contributed by atoms with Gasteiger partial charge >= 0.3 is 0 Å². The maximum Gasteiger partial charge on any atom is 0.221 e. The molecule has 104 valence electrons. The average Bonchev–Trinajstić information content (AvgIpc) is 3.18. The number of aryl methyl sites for hydroxylation is 1. The third kappa shape index (κ3) is 4.58. The van der Waals surface area contributed by atoms with Crippen molar-refractivity contribution in [1.82, 2.24) is 0 Å². The Hall–Kier alpha value is -1.51. The summed E-state index contributed by atoms with van der Waals surface area (Å²) in [5, 5.41) is 2.81. The number of ether oxygens (including phenoxy) is 1. The molecule has 3 nitrogen and oxygen atoms in total. The maximum atomic E-state index is 11.1. The molecule has 0 aromatic heterocycles. The van der Waals surface area contributed by atoms with Gasteiger partial charge in [-0.2, -0.15) is 0 Å². The minimum absolute atomic E-state index is 0.0468. The van der Waals surface area contributed by atoms with Crippen LogP contribution in [0.15, 0.2) is 18.2 Å². The van der Waals surface area contributed by atoms with E-state index in [-0.39, 0.29) is 5.91 Å². The number of anilines is 1. The fourth-order valence-electron chi connectivity index (χ4n) is 2.04. The molecule has 19 heavy (non-hydrogen) atoms. The number of unbranched alkanes of at least 4 members (excludes halogenated alkanes) is 1. The molecule has 3 heteroatoms. The fourth-order valence-corrected chi connectivity index (χ4v) is 2.04. The van der Waals surface area contributed by atoms with Gasteiger partial charge in [-0.15, -0.1) is 0 Å². The molecule has 0 aliphatic heterocycles. The predicted octanol–water partition coefficient (Wildman–Crippen LogP) is 3.78. The first-order valence-electron chi connectivity index (χ1n) is 7.22. The summed E-state index contributed by atoms with van der Waals surface area (Å²) >= 11 is 0. The second kappa shape index (κ2) is 6.60. The van der Waals surface area contributed by atoms with Crippen LogP contribution in [0.25, 0.3) is 0 Å². The molecule has 1 aromatic carbocycles. The van der Waals surface area contributed by atoms with Crippen LogP contribution in [0.3, 0.4) is 0 Å². The van der Waals surface area contributed by atoms with Crippen molar-refractivity contribution in [3.63, 3.8) is 0 Å². The summed E-state index contributed by atoms with van der Waals surface area (Å²) in [7, 11) is 0. The lowest BCUT2D eigenvalue weighted by molar-refractivity contribution is -0.114. The molecular weight excluding hydrogens is 238 g/mol. The lowest BCUT2D eigenvalue weighted by Gasteiger charge is -2.13. The normalized spacial score (nSPS) is 14.2. The summed E-state index contributed by atoms with van der Waals surface area (Å²) in [4.78, 5) is 11.1. The number of hydrogen-bond acceptors (Lipinski definition) is 2. The van der Waals surface area contributed by atoms with Crippen molar-refractivity contribution < 1.29 is 9.53 Å². The van der Waals surface area contributed by atoms with Crippen molar-refractivity contribution in [3.05, 3.63) is 23.8 Å². The number of carbonyl (C=O) groups is 1. The van der Waals surface area contributed by atoms with Gasteiger partial charge in [-0.05, 0) is 43.2 Å². The summed E-state index contributed by atoms with van der Waals surface area (Å²) < 4.78 is 5.93. The Morgan fingerprint density at radius 1 is 1.42 bits per heavy atom. The highest BCUT2D eigenvalue weighted by atomic mass is 16.5. The SMILES string of the molecule is CCCCc1ccc(NC(C)=O)cc1OCC1CC1. The van der Waals surface area contributed by atoms with Crippen LogP contribution in [-0.4, -0.2) is 12.5 Å². The van der Waals surface area contributed by atoms with Crippen LogP contribution in [0.2, 0.25) is 0 Å². The lowest BCUT2D eigenvalue weighted by Crippen LogP contribution is -2.07. The molecule has 0 heterocycles. The Bertz CT molecular complexity index is 438. The number of amides is 1. The van der Waals surface area contributed by atoms with Crippen LogP contribution in [0.1, 0.15) is 45.1 Å². The zero-order valence-electron chi connectivity index (χ0n) is 11.9. The highest BCUT2D eigenvalue weighted by molar-refractivity contribution is 5.88. The molecule has 1 aromatic rings. The first-order chi connectivity index (χ1) is 9.19. The van der Waals surface area contributed by atoms with Gasteiger partial charge in [0, 0.05) is 18.7 Å². The van der Waals surface area contributed by atoms with Crippen LogP contribution in [-0.2, 0) is 11.2 Å². The van der Waals surface area contributed by atoms with Crippen LogP contribution in [0.4, 0.5) is 5.69 Å². The minimum Gasteiger partial charge on any atom is -0.493 e. The van der Waals surface area contributed by atoms with Gasteiger partial charge in [0.25, 0.3) is 0 Å². The van der Waals surface area contributed by atoms with Gasteiger partial charge in [0.2, 0.25) is 5.91 Å². The van der Waals surface area contributed by atoms with Crippen LogP contribution >= 0.6 is 0 Å². The molecule has 2 rings (SSSR count). The van der Waals surface area contributed by atoms with E-state index in [9.17, 15) is 4.79 Å². The monoisotopic (exact) mass is 261 g/mol. The van der Waals surface area contributed by atoms with E-state index in [4.69, 9.17) is 4.74 Å². The molecule has 1 amide bonds. The van der Waals surface area contributed by atoms with Gasteiger partial charge in [-0.3, -0.25) is 4.79 Å². The number of carbonyl (C=O) groups excluding carboxylic acids is 1. The largest absolute Gasteiger partial charge is 0.493 e. The number of nitrogens with one attached hydrogen (secondary N) is 1. The molecule has 0 bridgehead atoms. The molecule has 0 unspecified atom stereocenters. The topological polar surface area (TPSA) is 38.3 Å². The van der Waals surface area contributed by atoms with E-state index in [0.717, 1.165) is 30.4 Å². The van der Waals surface area contributed by atoms with E-state index in [1.165, 1.54) is 38.2 Å². The third-order valence-corrected chi connectivity index (χ3v) is 3.36. The van der Waals surface area contributed by atoms with E-state index in [1.54, 1.807) is 0 Å². The predicted molar refractivity (Wildman–Crippen MR) is 77.6 cm³/mol. The number of hydrogen-bond donors (Lipinski definition) is 1. The van der Waals surface area contributed by atoms with Gasteiger partial charge in [0.15, 0.2) is 0 Å². The quantitative estimate of drug-likeness (QED) is 0.811. The lowest BCUT2D eigenvalue weighted by atomic mass is 10.1. The molecule has 1 aliphatic rings.